The molecular formula is C18H15ClF3NO4. The topological polar surface area (TPSA) is 64.6 Å². The van der Waals surface area contributed by atoms with Gasteiger partial charge in [-0.2, -0.15) is 13.2 Å². The molecule has 0 aliphatic carbocycles. The molecule has 0 fully saturated rings. The molecule has 0 aliphatic heterocycles. The van der Waals surface area contributed by atoms with Crippen molar-refractivity contribution in [2.75, 3.05) is 19.0 Å². The van der Waals surface area contributed by atoms with Crippen molar-refractivity contribution in [3.05, 3.63) is 58.6 Å². The average Bonchev–Trinajstić information content (AvgIpc) is 2.61. The first-order valence-electron chi connectivity index (χ1n) is 7.65. The monoisotopic (exact) mass is 401 g/mol. The molecule has 0 heterocycles. The largest absolute Gasteiger partial charge is 0.496 e. The van der Waals surface area contributed by atoms with Gasteiger partial charge in [0, 0.05) is 10.6 Å². The Morgan fingerprint density at radius 2 is 1.85 bits per heavy atom. The highest BCUT2D eigenvalue weighted by molar-refractivity contribution is 6.30. The summed E-state index contributed by atoms with van der Waals surface area (Å²) >= 11 is 5.57. The van der Waals surface area contributed by atoms with E-state index in [1.54, 1.807) is 24.3 Å². The highest BCUT2D eigenvalue weighted by atomic mass is 35.5. The SMILES string of the molecule is COc1ccccc1CC(=O)OCC(=O)Nc1ccc(Cl)cc1C(F)(F)F. The molecule has 2 aromatic rings. The third-order valence-corrected chi connectivity index (χ3v) is 3.69. The smallest absolute Gasteiger partial charge is 0.418 e. The van der Waals surface area contributed by atoms with Gasteiger partial charge in [0.05, 0.1) is 24.8 Å². The predicted octanol–water partition coefficient (Wildman–Crippen LogP) is 4.09. The number of ether oxygens (including phenoxy) is 2. The third kappa shape index (κ3) is 5.89. The molecule has 0 saturated carbocycles. The fourth-order valence-corrected chi connectivity index (χ4v) is 2.42. The molecule has 5 nitrogen and oxygen atoms in total. The number of halogens is 4. The quantitative estimate of drug-likeness (QED) is 0.740. The molecule has 0 bridgehead atoms. The maximum Gasteiger partial charge on any atom is 0.418 e. The van der Waals surface area contributed by atoms with Crippen LogP contribution < -0.4 is 10.1 Å². The molecule has 1 N–H and O–H groups in total. The van der Waals surface area contributed by atoms with E-state index in [-0.39, 0.29) is 11.4 Å². The normalized spacial score (nSPS) is 11.0. The molecule has 9 heteroatoms. The summed E-state index contributed by atoms with van der Waals surface area (Å²) < 4.78 is 48.9. The Bertz CT molecular complexity index is 840. The van der Waals surface area contributed by atoms with Crippen LogP contribution in [-0.2, 0) is 26.9 Å². The van der Waals surface area contributed by atoms with E-state index in [4.69, 9.17) is 21.1 Å². The van der Waals surface area contributed by atoms with E-state index in [2.05, 4.69) is 5.32 Å². The number of anilines is 1. The van der Waals surface area contributed by atoms with Crippen LogP contribution in [0.4, 0.5) is 18.9 Å². The lowest BCUT2D eigenvalue weighted by molar-refractivity contribution is -0.146. The number of benzene rings is 2. The lowest BCUT2D eigenvalue weighted by atomic mass is 10.1. The summed E-state index contributed by atoms with van der Waals surface area (Å²) in [5.74, 6) is -1.15. The van der Waals surface area contributed by atoms with Crippen LogP contribution in [0.2, 0.25) is 5.02 Å². The standard InChI is InChI=1S/C18H15ClF3NO4/c1-26-15-5-3-2-4-11(15)8-17(25)27-10-16(24)23-14-7-6-12(19)9-13(14)18(20,21)22/h2-7,9H,8,10H2,1H3,(H,23,24). The highest BCUT2D eigenvalue weighted by Gasteiger charge is 2.34. The van der Waals surface area contributed by atoms with E-state index in [0.29, 0.717) is 17.4 Å². The van der Waals surface area contributed by atoms with Crippen LogP contribution in [0.5, 0.6) is 5.75 Å². The minimum absolute atomic E-state index is 0.122. The van der Waals surface area contributed by atoms with Crippen LogP contribution in [0, 0.1) is 0 Å². The Morgan fingerprint density at radius 3 is 2.52 bits per heavy atom. The van der Waals surface area contributed by atoms with Crippen LogP contribution in [0.25, 0.3) is 0 Å². The van der Waals surface area contributed by atoms with Crippen molar-refractivity contribution in [1.82, 2.24) is 0 Å². The van der Waals surface area contributed by atoms with Gasteiger partial charge in [-0.05, 0) is 24.3 Å². The van der Waals surface area contributed by atoms with Crippen molar-refractivity contribution < 1.29 is 32.2 Å². The van der Waals surface area contributed by atoms with E-state index < -0.39 is 35.9 Å². The van der Waals surface area contributed by atoms with Crippen molar-refractivity contribution >= 4 is 29.2 Å². The zero-order valence-corrected chi connectivity index (χ0v) is 14.9. The van der Waals surface area contributed by atoms with Gasteiger partial charge >= 0.3 is 12.1 Å². The van der Waals surface area contributed by atoms with Gasteiger partial charge in [-0.25, -0.2) is 0 Å². The van der Waals surface area contributed by atoms with Crippen molar-refractivity contribution in [2.24, 2.45) is 0 Å². The Labute approximate surface area is 158 Å². The molecule has 1 amide bonds. The number of carbonyl (C=O) groups excluding carboxylic acids is 2. The van der Waals surface area contributed by atoms with E-state index >= 15 is 0 Å². The Kier molecular flexibility index (Phi) is 6.68. The van der Waals surface area contributed by atoms with Crippen molar-refractivity contribution in [1.29, 1.82) is 0 Å². The second-order valence-electron chi connectivity index (χ2n) is 5.39. The molecule has 144 valence electrons. The van der Waals surface area contributed by atoms with Gasteiger partial charge in [-0.3, -0.25) is 9.59 Å². The third-order valence-electron chi connectivity index (χ3n) is 3.45. The number of rotatable bonds is 6. The molecule has 0 radical (unpaired) electrons. The summed E-state index contributed by atoms with van der Waals surface area (Å²) in [7, 11) is 1.45. The van der Waals surface area contributed by atoms with Gasteiger partial charge in [0.25, 0.3) is 5.91 Å². The van der Waals surface area contributed by atoms with Crippen LogP contribution in [-0.4, -0.2) is 25.6 Å². The number of carbonyl (C=O) groups is 2. The van der Waals surface area contributed by atoms with Gasteiger partial charge in [0.15, 0.2) is 6.61 Å². The number of para-hydroxylation sites is 1. The van der Waals surface area contributed by atoms with E-state index in [1.807, 2.05) is 0 Å². The summed E-state index contributed by atoms with van der Waals surface area (Å²) in [5, 5.41) is 1.94. The van der Waals surface area contributed by atoms with Crippen LogP contribution in [0.1, 0.15) is 11.1 Å². The number of methoxy groups -OCH3 is 1. The van der Waals surface area contributed by atoms with Gasteiger partial charge < -0.3 is 14.8 Å². The Hall–Kier alpha value is -2.74. The number of nitrogens with one attached hydrogen (secondary N) is 1. The summed E-state index contributed by atoms with van der Waals surface area (Å²) in [4.78, 5) is 23.7. The van der Waals surface area contributed by atoms with Gasteiger partial charge in [0.1, 0.15) is 5.75 Å². The molecule has 0 atom stereocenters. The predicted molar refractivity (Wildman–Crippen MR) is 92.7 cm³/mol. The van der Waals surface area contributed by atoms with E-state index in [0.717, 1.165) is 6.07 Å². The van der Waals surface area contributed by atoms with E-state index in [1.165, 1.54) is 13.2 Å². The van der Waals surface area contributed by atoms with Crippen LogP contribution >= 0.6 is 11.6 Å². The van der Waals surface area contributed by atoms with E-state index in [9.17, 15) is 22.8 Å². The van der Waals surface area contributed by atoms with Crippen molar-refractivity contribution in [2.45, 2.75) is 12.6 Å². The Balaban J connectivity index is 1.96. The molecule has 0 aromatic heterocycles. The van der Waals surface area contributed by atoms with Crippen LogP contribution in [0.3, 0.4) is 0 Å². The van der Waals surface area contributed by atoms with Gasteiger partial charge in [0.2, 0.25) is 0 Å². The lowest BCUT2D eigenvalue weighted by Gasteiger charge is -2.14. The first-order chi connectivity index (χ1) is 12.7. The first kappa shape index (κ1) is 20.6. The number of amides is 1. The molecule has 0 saturated heterocycles. The number of esters is 1. The summed E-state index contributed by atoms with van der Waals surface area (Å²) in [6.45, 7) is -0.728. The maximum absolute atomic E-state index is 13.0. The summed E-state index contributed by atoms with van der Waals surface area (Å²) in [6.07, 6.45) is -4.85. The average molecular weight is 402 g/mol. The number of alkyl halides is 3. The summed E-state index contributed by atoms with van der Waals surface area (Å²) in [6, 6.07) is 9.69. The maximum atomic E-state index is 13.0. The molecule has 0 unspecified atom stereocenters. The zero-order valence-electron chi connectivity index (χ0n) is 14.1. The minimum atomic E-state index is -4.70. The first-order valence-corrected chi connectivity index (χ1v) is 8.02. The Morgan fingerprint density at radius 1 is 1.15 bits per heavy atom. The van der Waals surface area contributed by atoms with Gasteiger partial charge in [-0.15, -0.1) is 0 Å². The fraction of sp³-hybridized carbons (Fsp3) is 0.222. The minimum Gasteiger partial charge on any atom is -0.496 e. The lowest BCUT2D eigenvalue weighted by Crippen LogP contribution is -2.23. The van der Waals surface area contributed by atoms with Crippen molar-refractivity contribution in [3.8, 4) is 5.75 Å². The molecule has 2 aromatic carbocycles. The zero-order chi connectivity index (χ0) is 20.0. The molecular weight excluding hydrogens is 387 g/mol. The second kappa shape index (κ2) is 8.77. The molecule has 0 aliphatic rings. The fourth-order valence-electron chi connectivity index (χ4n) is 2.25. The van der Waals surface area contributed by atoms with Crippen molar-refractivity contribution in [3.63, 3.8) is 0 Å². The second-order valence-corrected chi connectivity index (χ2v) is 5.82. The molecule has 0 spiro atoms. The van der Waals surface area contributed by atoms with Gasteiger partial charge in [-0.1, -0.05) is 29.8 Å². The molecule has 2 rings (SSSR count). The summed E-state index contributed by atoms with van der Waals surface area (Å²) in [5.41, 5.74) is -1.01. The number of hydrogen-bond acceptors (Lipinski definition) is 4. The highest BCUT2D eigenvalue weighted by Crippen LogP contribution is 2.36. The number of hydrogen-bond donors (Lipinski definition) is 1. The van der Waals surface area contributed by atoms with Crippen LogP contribution in [0.15, 0.2) is 42.5 Å². The molecule has 27 heavy (non-hydrogen) atoms.